The fraction of sp³-hybridized carbons (Fsp3) is 0. The molecule has 8 heteroatoms. The number of anilines is 1. The molecule has 0 aromatic carbocycles. The summed E-state index contributed by atoms with van der Waals surface area (Å²) in [4.78, 5) is 17.4. The molecule has 0 unspecified atom stereocenters. The summed E-state index contributed by atoms with van der Waals surface area (Å²) in [6.45, 7) is 0. The van der Waals surface area contributed by atoms with Gasteiger partial charge in [-0.2, -0.15) is 0 Å². The summed E-state index contributed by atoms with van der Waals surface area (Å²) >= 11 is 5.64. The third-order valence-corrected chi connectivity index (χ3v) is 3.67. The second-order valence-electron chi connectivity index (χ2n) is 3.35. The number of nitrogens with zero attached hydrogens (tertiary/aromatic N) is 1. The molecule has 2 heterocycles. The third-order valence-electron chi connectivity index (χ3n) is 2.06. The van der Waals surface area contributed by atoms with E-state index in [9.17, 15) is 13.2 Å². The highest BCUT2D eigenvalue weighted by atomic mass is 35.5. The molecule has 0 saturated carbocycles. The van der Waals surface area contributed by atoms with Crippen LogP contribution in [-0.2, 0) is 10.0 Å². The van der Waals surface area contributed by atoms with E-state index in [1.54, 1.807) is 0 Å². The van der Waals surface area contributed by atoms with E-state index in [1.165, 1.54) is 24.5 Å². The molecule has 0 fully saturated rings. The van der Waals surface area contributed by atoms with Crippen molar-refractivity contribution in [3.63, 3.8) is 0 Å². The van der Waals surface area contributed by atoms with Gasteiger partial charge < -0.3 is 4.98 Å². The van der Waals surface area contributed by atoms with Crippen LogP contribution in [0.2, 0.25) is 5.15 Å². The van der Waals surface area contributed by atoms with Gasteiger partial charge in [-0.15, -0.1) is 0 Å². The Morgan fingerprint density at radius 3 is 2.78 bits per heavy atom. The lowest BCUT2D eigenvalue weighted by atomic mass is 10.4. The SMILES string of the molecule is O=c1cc[nH]cc1S(=O)(=O)Nc1ccnc(Cl)c1. The summed E-state index contributed by atoms with van der Waals surface area (Å²) < 4.78 is 26.1. The normalized spacial score (nSPS) is 11.2. The molecule has 2 N–H and O–H groups in total. The number of nitrogens with one attached hydrogen (secondary N) is 2. The first-order valence-electron chi connectivity index (χ1n) is 4.80. The van der Waals surface area contributed by atoms with Crippen molar-refractivity contribution in [2.24, 2.45) is 0 Å². The maximum absolute atomic E-state index is 11.9. The Morgan fingerprint density at radius 2 is 2.11 bits per heavy atom. The van der Waals surface area contributed by atoms with Gasteiger partial charge in [-0.25, -0.2) is 13.4 Å². The first kappa shape index (κ1) is 12.6. The summed E-state index contributed by atoms with van der Waals surface area (Å²) in [6.07, 6.45) is 3.83. The van der Waals surface area contributed by atoms with E-state index in [0.29, 0.717) is 0 Å². The van der Waals surface area contributed by atoms with Gasteiger partial charge in [-0.05, 0) is 12.1 Å². The number of H-pyrrole nitrogens is 1. The molecule has 0 spiro atoms. The standard InChI is InChI=1S/C10H8ClN3O3S/c11-10-5-7(1-4-13-10)14-18(16,17)9-6-12-3-2-8(9)15/h1-6H,(H,12,15)(H,13,14). The third kappa shape index (κ3) is 2.69. The average molecular weight is 286 g/mol. The number of hydrogen-bond donors (Lipinski definition) is 2. The highest BCUT2D eigenvalue weighted by Crippen LogP contribution is 2.15. The van der Waals surface area contributed by atoms with Crippen molar-refractivity contribution in [1.82, 2.24) is 9.97 Å². The van der Waals surface area contributed by atoms with E-state index < -0.39 is 15.5 Å². The predicted octanol–water partition coefficient (Wildman–Crippen LogP) is 1.22. The summed E-state index contributed by atoms with van der Waals surface area (Å²) in [7, 11) is -3.94. The van der Waals surface area contributed by atoms with Gasteiger partial charge in [-0.3, -0.25) is 9.52 Å². The average Bonchev–Trinajstić information content (AvgIpc) is 2.28. The Balaban J connectivity index is 2.40. The molecule has 0 atom stereocenters. The zero-order valence-electron chi connectivity index (χ0n) is 8.92. The molecule has 18 heavy (non-hydrogen) atoms. The maximum Gasteiger partial charge on any atom is 0.267 e. The van der Waals surface area contributed by atoms with Gasteiger partial charge in [0, 0.05) is 24.7 Å². The highest BCUT2D eigenvalue weighted by Gasteiger charge is 2.17. The summed E-state index contributed by atoms with van der Waals surface area (Å²) in [6, 6.07) is 3.91. The van der Waals surface area contributed by atoms with E-state index in [-0.39, 0.29) is 15.7 Å². The summed E-state index contributed by atoms with van der Waals surface area (Å²) in [5, 5.41) is 0.150. The van der Waals surface area contributed by atoms with Crippen molar-refractivity contribution in [2.45, 2.75) is 4.90 Å². The van der Waals surface area contributed by atoms with Crippen molar-refractivity contribution < 1.29 is 8.42 Å². The van der Waals surface area contributed by atoms with E-state index in [4.69, 9.17) is 11.6 Å². The second kappa shape index (κ2) is 4.79. The number of aromatic amines is 1. The molecule has 0 saturated heterocycles. The Hall–Kier alpha value is -1.86. The Morgan fingerprint density at radius 1 is 1.33 bits per heavy atom. The van der Waals surface area contributed by atoms with Crippen LogP contribution in [0.1, 0.15) is 0 Å². The molecule has 0 bridgehead atoms. The van der Waals surface area contributed by atoms with Crippen LogP contribution in [0, 0.1) is 0 Å². The lowest BCUT2D eigenvalue weighted by Crippen LogP contribution is -2.20. The van der Waals surface area contributed by atoms with Gasteiger partial charge >= 0.3 is 0 Å². The molecule has 0 aliphatic heterocycles. The molecule has 0 aliphatic carbocycles. The first-order chi connectivity index (χ1) is 8.49. The van der Waals surface area contributed by atoms with Crippen LogP contribution in [-0.4, -0.2) is 18.4 Å². The Labute approximate surface area is 108 Å². The lowest BCUT2D eigenvalue weighted by Gasteiger charge is -2.06. The van der Waals surface area contributed by atoms with Crippen molar-refractivity contribution in [2.75, 3.05) is 4.72 Å². The maximum atomic E-state index is 11.9. The number of pyridine rings is 2. The summed E-state index contributed by atoms with van der Waals surface area (Å²) in [5.41, 5.74) is -0.361. The number of rotatable bonds is 3. The Kier molecular flexibility index (Phi) is 3.35. The minimum absolute atomic E-state index is 0.150. The van der Waals surface area contributed by atoms with Crippen LogP contribution < -0.4 is 10.2 Å². The van der Waals surface area contributed by atoms with Crippen molar-refractivity contribution >= 4 is 27.3 Å². The molecule has 2 rings (SSSR count). The highest BCUT2D eigenvalue weighted by molar-refractivity contribution is 7.92. The van der Waals surface area contributed by atoms with Crippen LogP contribution >= 0.6 is 11.6 Å². The van der Waals surface area contributed by atoms with Gasteiger partial charge in [0.15, 0.2) is 4.90 Å². The van der Waals surface area contributed by atoms with E-state index in [2.05, 4.69) is 14.7 Å². The number of sulfonamides is 1. The minimum atomic E-state index is -3.94. The molecule has 6 nitrogen and oxygen atoms in total. The molecule has 0 radical (unpaired) electrons. The molecule has 0 amide bonds. The van der Waals surface area contributed by atoms with Gasteiger partial charge in [0.05, 0.1) is 5.69 Å². The molecule has 0 aliphatic rings. The van der Waals surface area contributed by atoms with Crippen molar-refractivity contribution in [3.8, 4) is 0 Å². The molecule has 94 valence electrons. The molecule has 2 aromatic heterocycles. The molecule has 2 aromatic rings. The van der Waals surface area contributed by atoms with E-state index >= 15 is 0 Å². The topological polar surface area (TPSA) is 91.9 Å². The quantitative estimate of drug-likeness (QED) is 0.830. The van der Waals surface area contributed by atoms with Gasteiger partial charge in [0.1, 0.15) is 5.15 Å². The van der Waals surface area contributed by atoms with Crippen LogP contribution in [0.3, 0.4) is 0 Å². The van der Waals surface area contributed by atoms with Gasteiger partial charge in [-0.1, -0.05) is 11.6 Å². The van der Waals surface area contributed by atoms with Crippen molar-refractivity contribution in [3.05, 3.63) is 52.2 Å². The van der Waals surface area contributed by atoms with Crippen molar-refractivity contribution in [1.29, 1.82) is 0 Å². The van der Waals surface area contributed by atoms with Crippen LogP contribution in [0.25, 0.3) is 0 Å². The van der Waals surface area contributed by atoms with E-state index in [1.807, 2.05) is 0 Å². The zero-order valence-corrected chi connectivity index (χ0v) is 10.5. The van der Waals surface area contributed by atoms with Crippen LogP contribution in [0.4, 0.5) is 5.69 Å². The minimum Gasteiger partial charge on any atom is -0.366 e. The van der Waals surface area contributed by atoms with E-state index in [0.717, 1.165) is 12.3 Å². The number of halogens is 1. The molecular formula is C10H8ClN3O3S. The van der Waals surface area contributed by atoms with Crippen LogP contribution in [0.15, 0.2) is 46.5 Å². The molecular weight excluding hydrogens is 278 g/mol. The number of aromatic nitrogens is 2. The van der Waals surface area contributed by atoms with Gasteiger partial charge in [0.25, 0.3) is 10.0 Å². The zero-order chi connectivity index (χ0) is 13.2. The summed E-state index contributed by atoms with van der Waals surface area (Å²) in [5.74, 6) is 0. The smallest absolute Gasteiger partial charge is 0.267 e. The first-order valence-corrected chi connectivity index (χ1v) is 6.67. The fourth-order valence-electron chi connectivity index (χ4n) is 1.29. The fourth-order valence-corrected chi connectivity index (χ4v) is 2.56. The largest absolute Gasteiger partial charge is 0.366 e. The van der Waals surface area contributed by atoms with Crippen LogP contribution in [0.5, 0.6) is 0 Å². The Bertz CT molecular complexity index is 727. The lowest BCUT2D eigenvalue weighted by molar-refractivity contribution is 0.600. The van der Waals surface area contributed by atoms with Gasteiger partial charge in [0.2, 0.25) is 5.43 Å². The second-order valence-corrected chi connectivity index (χ2v) is 5.38. The predicted molar refractivity (Wildman–Crippen MR) is 67.1 cm³/mol. The monoisotopic (exact) mass is 285 g/mol. The number of hydrogen-bond acceptors (Lipinski definition) is 4.